The number of esters is 1. The molecule has 0 aliphatic carbocycles. The lowest BCUT2D eigenvalue weighted by atomic mass is 9.75. The minimum atomic E-state index is -0.596. The first kappa shape index (κ1) is 18.6. The zero-order valence-corrected chi connectivity index (χ0v) is 15.0. The van der Waals surface area contributed by atoms with Gasteiger partial charge < -0.3 is 14.9 Å². The Bertz CT molecular complexity index is 725. The molecule has 5 heteroatoms. The van der Waals surface area contributed by atoms with Crippen LogP contribution in [0.3, 0.4) is 0 Å². The summed E-state index contributed by atoms with van der Waals surface area (Å²) in [5, 5.41) is 20.1. The van der Waals surface area contributed by atoms with Gasteiger partial charge in [0.1, 0.15) is 0 Å². The van der Waals surface area contributed by atoms with E-state index in [0.717, 1.165) is 18.7 Å². The van der Waals surface area contributed by atoms with Crippen LogP contribution < -0.4 is 0 Å². The fourth-order valence-corrected chi connectivity index (χ4v) is 3.83. The Hall–Kier alpha value is -2.21. The van der Waals surface area contributed by atoms with Gasteiger partial charge in [0.25, 0.3) is 0 Å². The summed E-state index contributed by atoms with van der Waals surface area (Å²) in [5.41, 5.74) is 2.12. The molecule has 0 radical (unpaired) electrons. The molecule has 0 saturated carbocycles. The molecule has 0 bridgehead atoms. The molecule has 3 rings (SSSR count). The van der Waals surface area contributed by atoms with Crippen molar-refractivity contribution in [1.82, 2.24) is 4.90 Å². The molecule has 0 aromatic heterocycles. The molecule has 138 valence electrons. The van der Waals surface area contributed by atoms with E-state index in [2.05, 4.69) is 17.0 Å². The normalized spacial score (nSPS) is 19.4. The van der Waals surface area contributed by atoms with Gasteiger partial charge in [-0.05, 0) is 23.3 Å². The second-order valence-electron chi connectivity index (χ2n) is 7.00. The second kappa shape index (κ2) is 7.99. The molecule has 1 fully saturated rings. The van der Waals surface area contributed by atoms with E-state index in [0.29, 0.717) is 12.1 Å². The predicted molar refractivity (Wildman–Crippen MR) is 98.8 cm³/mol. The van der Waals surface area contributed by atoms with E-state index in [1.54, 1.807) is 12.1 Å². The van der Waals surface area contributed by atoms with Gasteiger partial charge in [-0.2, -0.15) is 0 Å². The molecular weight excluding hydrogens is 330 g/mol. The van der Waals surface area contributed by atoms with E-state index in [1.807, 2.05) is 30.3 Å². The topological polar surface area (TPSA) is 70.0 Å². The fourth-order valence-electron chi connectivity index (χ4n) is 3.83. The highest BCUT2D eigenvalue weighted by Gasteiger charge is 2.46. The Morgan fingerprint density at radius 1 is 1.12 bits per heavy atom. The van der Waals surface area contributed by atoms with Crippen molar-refractivity contribution in [1.29, 1.82) is 0 Å². The molecule has 5 nitrogen and oxygen atoms in total. The minimum Gasteiger partial charge on any atom is -0.465 e. The quantitative estimate of drug-likeness (QED) is 0.776. The largest absolute Gasteiger partial charge is 0.465 e. The smallest absolute Gasteiger partial charge is 0.337 e. The monoisotopic (exact) mass is 355 g/mol. The predicted octanol–water partition coefficient (Wildman–Crippen LogP) is 2.04. The Morgan fingerprint density at radius 2 is 1.77 bits per heavy atom. The highest BCUT2D eigenvalue weighted by molar-refractivity contribution is 5.89. The molecule has 1 heterocycles. The number of ether oxygens (including phenoxy) is 1. The number of hydrogen-bond acceptors (Lipinski definition) is 5. The van der Waals surface area contributed by atoms with Crippen molar-refractivity contribution in [3.63, 3.8) is 0 Å². The maximum atomic E-state index is 11.6. The van der Waals surface area contributed by atoms with Crippen molar-refractivity contribution in [3.05, 3.63) is 71.3 Å². The first-order valence-electron chi connectivity index (χ1n) is 8.78. The van der Waals surface area contributed by atoms with E-state index < -0.39 is 5.41 Å². The number of methoxy groups -OCH3 is 1. The first-order valence-corrected chi connectivity index (χ1v) is 8.78. The summed E-state index contributed by atoms with van der Waals surface area (Å²) >= 11 is 0. The standard InChI is InChI=1S/C21H25NO4/c1-26-20(25)18-9-7-17(8-10-18)19-12-22(13-21(19,14-23)15-24)11-16-5-3-2-4-6-16/h2-10,19,23-24H,11-15H2,1H3. The van der Waals surface area contributed by atoms with Crippen LogP contribution in [0.1, 0.15) is 27.4 Å². The molecule has 2 aromatic carbocycles. The van der Waals surface area contributed by atoms with E-state index in [1.165, 1.54) is 12.7 Å². The highest BCUT2D eigenvalue weighted by Crippen LogP contribution is 2.43. The van der Waals surface area contributed by atoms with Crippen LogP contribution in [-0.2, 0) is 11.3 Å². The van der Waals surface area contributed by atoms with Gasteiger partial charge in [0.05, 0.1) is 25.9 Å². The lowest BCUT2D eigenvalue weighted by molar-refractivity contribution is 0.0493. The number of carbonyl (C=O) groups excluding carboxylic acids is 1. The Kier molecular flexibility index (Phi) is 5.71. The summed E-state index contributed by atoms with van der Waals surface area (Å²) in [5.74, 6) is -0.378. The summed E-state index contributed by atoms with van der Waals surface area (Å²) in [6.07, 6.45) is 0. The Morgan fingerprint density at radius 3 is 2.35 bits per heavy atom. The lowest BCUT2D eigenvalue weighted by Crippen LogP contribution is -2.37. The molecule has 2 N–H and O–H groups in total. The van der Waals surface area contributed by atoms with E-state index in [4.69, 9.17) is 4.74 Å². The summed E-state index contributed by atoms with van der Waals surface area (Å²) in [4.78, 5) is 13.9. The number of aliphatic hydroxyl groups excluding tert-OH is 2. The molecule has 1 aliphatic rings. The zero-order chi connectivity index (χ0) is 18.6. The van der Waals surface area contributed by atoms with Crippen molar-refractivity contribution < 1.29 is 19.7 Å². The van der Waals surface area contributed by atoms with Crippen LogP contribution in [0.5, 0.6) is 0 Å². The number of likely N-dealkylation sites (tertiary alicyclic amines) is 1. The number of carbonyl (C=O) groups is 1. The number of rotatable bonds is 6. The SMILES string of the molecule is COC(=O)c1ccc(C2CN(Cc3ccccc3)CC2(CO)CO)cc1. The lowest BCUT2D eigenvalue weighted by Gasteiger charge is -2.31. The van der Waals surface area contributed by atoms with Crippen LogP contribution in [0.2, 0.25) is 0 Å². The van der Waals surface area contributed by atoms with Crippen LogP contribution in [0.4, 0.5) is 0 Å². The van der Waals surface area contributed by atoms with Crippen LogP contribution >= 0.6 is 0 Å². The van der Waals surface area contributed by atoms with Crippen LogP contribution in [0.25, 0.3) is 0 Å². The maximum absolute atomic E-state index is 11.6. The summed E-state index contributed by atoms with van der Waals surface area (Å²) in [6, 6.07) is 17.4. The van der Waals surface area contributed by atoms with Gasteiger partial charge in [-0.3, -0.25) is 4.90 Å². The highest BCUT2D eigenvalue weighted by atomic mass is 16.5. The third kappa shape index (κ3) is 3.65. The minimum absolute atomic E-state index is 0.00657. The van der Waals surface area contributed by atoms with Gasteiger partial charge in [0, 0.05) is 31.0 Å². The first-order chi connectivity index (χ1) is 12.6. The van der Waals surface area contributed by atoms with Crippen LogP contribution in [-0.4, -0.2) is 54.5 Å². The molecule has 1 saturated heterocycles. The molecule has 0 amide bonds. The molecule has 26 heavy (non-hydrogen) atoms. The number of nitrogens with zero attached hydrogens (tertiary/aromatic N) is 1. The average Bonchev–Trinajstić information content (AvgIpc) is 3.07. The van der Waals surface area contributed by atoms with Crippen molar-refractivity contribution in [2.24, 2.45) is 5.41 Å². The third-order valence-electron chi connectivity index (χ3n) is 5.33. The van der Waals surface area contributed by atoms with E-state index in [9.17, 15) is 15.0 Å². The third-order valence-corrected chi connectivity index (χ3v) is 5.33. The van der Waals surface area contributed by atoms with E-state index in [-0.39, 0.29) is 25.1 Å². The summed E-state index contributed by atoms with van der Waals surface area (Å²) in [7, 11) is 1.36. The molecule has 1 atom stereocenters. The summed E-state index contributed by atoms with van der Waals surface area (Å²) in [6.45, 7) is 1.97. The van der Waals surface area contributed by atoms with Gasteiger partial charge in [-0.1, -0.05) is 42.5 Å². The molecule has 1 unspecified atom stereocenters. The maximum Gasteiger partial charge on any atom is 0.337 e. The molecular formula is C21H25NO4. The number of hydrogen-bond donors (Lipinski definition) is 2. The Balaban J connectivity index is 1.82. The van der Waals surface area contributed by atoms with E-state index >= 15 is 0 Å². The van der Waals surface area contributed by atoms with Gasteiger partial charge in [0.2, 0.25) is 0 Å². The van der Waals surface area contributed by atoms with Crippen LogP contribution in [0, 0.1) is 5.41 Å². The average molecular weight is 355 g/mol. The van der Waals surface area contributed by atoms with Crippen molar-refractivity contribution in [3.8, 4) is 0 Å². The van der Waals surface area contributed by atoms with Crippen molar-refractivity contribution in [2.45, 2.75) is 12.5 Å². The fraction of sp³-hybridized carbons (Fsp3) is 0.381. The molecule has 0 spiro atoms. The summed E-state index contributed by atoms with van der Waals surface area (Å²) < 4.78 is 4.74. The van der Waals surface area contributed by atoms with Gasteiger partial charge >= 0.3 is 5.97 Å². The van der Waals surface area contributed by atoms with Gasteiger partial charge in [0.15, 0.2) is 0 Å². The van der Waals surface area contributed by atoms with Crippen molar-refractivity contribution >= 4 is 5.97 Å². The zero-order valence-electron chi connectivity index (χ0n) is 15.0. The second-order valence-corrected chi connectivity index (χ2v) is 7.00. The van der Waals surface area contributed by atoms with Gasteiger partial charge in [-0.25, -0.2) is 4.79 Å². The number of aliphatic hydroxyl groups is 2. The Labute approximate surface area is 153 Å². The molecule has 1 aliphatic heterocycles. The van der Waals surface area contributed by atoms with Crippen LogP contribution in [0.15, 0.2) is 54.6 Å². The van der Waals surface area contributed by atoms with Gasteiger partial charge in [-0.15, -0.1) is 0 Å². The van der Waals surface area contributed by atoms with Crippen molar-refractivity contribution in [2.75, 3.05) is 33.4 Å². The molecule has 2 aromatic rings. The number of benzene rings is 2.